The van der Waals surface area contributed by atoms with Crippen molar-refractivity contribution in [3.8, 4) is 0 Å². The van der Waals surface area contributed by atoms with Crippen molar-refractivity contribution < 1.29 is 23.9 Å². The lowest BCUT2D eigenvalue weighted by Crippen LogP contribution is -2.62. The minimum Gasteiger partial charge on any atom is -0.367 e. The number of benzene rings is 1. The van der Waals surface area contributed by atoms with Crippen LogP contribution < -0.4 is 21.7 Å². The molecule has 2 fully saturated rings. The van der Waals surface area contributed by atoms with Gasteiger partial charge in [0.05, 0.1) is 12.6 Å². The Hall–Kier alpha value is -3.14. The van der Waals surface area contributed by atoms with E-state index >= 15 is 0 Å². The normalized spacial score (nSPS) is 21.2. The van der Waals surface area contributed by atoms with Crippen LogP contribution >= 0.6 is 0 Å². The van der Waals surface area contributed by atoms with Crippen molar-refractivity contribution >= 4 is 23.8 Å². The van der Waals surface area contributed by atoms with Gasteiger partial charge in [0.1, 0.15) is 12.1 Å². The number of nitrogens with zero attached hydrogens (tertiary/aromatic N) is 1. The molecule has 1 heterocycles. The molecule has 1 aliphatic carbocycles. The maximum Gasteiger partial charge on any atom is 0.315 e. The van der Waals surface area contributed by atoms with Gasteiger partial charge in [0.15, 0.2) is 6.10 Å². The fourth-order valence-electron chi connectivity index (χ4n) is 6.19. The van der Waals surface area contributed by atoms with E-state index in [0.717, 1.165) is 24.8 Å². The van der Waals surface area contributed by atoms with Gasteiger partial charge < -0.3 is 31.3 Å². The molecule has 1 saturated heterocycles. The number of urea groups is 1. The van der Waals surface area contributed by atoms with Crippen molar-refractivity contribution in [1.82, 2.24) is 20.9 Å². The second-order valence-corrected chi connectivity index (χ2v) is 15.1. The number of primary amides is 1. The molecule has 10 heteroatoms. The van der Waals surface area contributed by atoms with Crippen molar-refractivity contribution in [2.45, 2.75) is 124 Å². The summed E-state index contributed by atoms with van der Waals surface area (Å²) in [6, 6.07) is 6.84. The summed E-state index contributed by atoms with van der Waals surface area (Å²) in [6.07, 6.45) is 3.36. The highest BCUT2D eigenvalue weighted by molar-refractivity contribution is 5.93. The third kappa shape index (κ3) is 9.68. The second kappa shape index (κ2) is 14.8. The lowest BCUT2D eigenvalue weighted by Gasteiger charge is -2.38. The van der Waals surface area contributed by atoms with E-state index in [2.05, 4.69) is 29.8 Å². The van der Waals surface area contributed by atoms with Crippen LogP contribution in [0.1, 0.15) is 93.1 Å². The van der Waals surface area contributed by atoms with E-state index in [9.17, 15) is 19.2 Å². The molecule has 0 spiro atoms. The van der Waals surface area contributed by atoms with Gasteiger partial charge in [-0.1, -0.05) is 84.2 Å². The first kappa shape index (κ1) is 35.3. The maximum absolute atomic E-state index is 14.2. The summed E-state index contributed by atoms with van der Waals surface area (Å²) in [5.41, 5.74) is 5.67. The number of carbonyl (C=O) groups is 4. The minimum atomic E-state index is -1.02. The van der Waals surface area contributed by atoms with Crippen LogP contribution in [-0.4, -0.2) is 65.0 Å². The van der Waals surface area contributed by atoms with Gasteiger partial charge in [-0.2, -0.15) is 0 Å². The van der Waals surface area contributed by atoms with E-state index in [1.807, 2.05) is 71.9 Å². The summed E-state index contributed by atoms with van der Waals surface area (Å²) in [6.45, 7) is 16.0. The second-order valence-electron chi connectivity index (χ2n) is 15.1. The van der Waals surface area contributed by atoms with Crippen molar-refractivity contribution in [1.29, 1.82) is 0 Å². The van der Waals surface area contributed by atoms with Crippen LogP contribution in [0.2, 0.25) is 0 Å². The van der Waals surface area contributed by atoms with Crippen LogP contribution in [0.25, 0.3) is 0 Å². The highest BCUT2D eigenvalue weighted by atomic mass is 16.5. The van der Waals surface area contributed by atoms with Crippen molar-refractivity contribution in [3.63, 3.8) is 0 Å². The first-order valence-electron chi connectivity index (χ1n) is 16.1. The largest absolute Gasteiger partial charge is 0.367 e. The number of hydrogen-bond acceptors (Lipinski definition) is 5. The molecule has 5 atom stereocenters. The Morgan fingerprint density at radius 2 is 1.61 bits per heavy atom. The summed E-state index contributed by atoms with van der Waals surface area (Å²) < 4.78 is 6.08. The molecule has 1 aromatic carbocycles. The van der Waals surface area contributed by atoms with Gasteiger partial charge in [0.25, 0.3) is 0 Å². The molecule has 0 bridgehead atoms. The third-order valence-electron chi connectivity index (χ3n) is 8.79. The standard InChI is InChI=1S/C34H55N5O5/c1-21(2)24-17-18-39(31(42)28(33(3,4)5)37-32(43)38-34(6,7)8)26(24)30(41)36-25(19-22-15-12-16-22)27(29(35)40)44-20-23-13-10-9-11-14-23/h9-11,13-14,21-22,24-28H,12,15-20H2,1-8H3,(H2,35,40)(H,36,41)(H2,37,38,43)/t24-,25?,26+,27?,28-/m1/s1. The predicted octanol–water partition coefficient (Wildman–Crippen LogP) is 4.12. The minimum absolute atomic E-state index is 0.0930. The van der Waals surface area contributed by atoms with E-state index < -0.39 is 47.1 Å². The van der Waals surface area contributed by atoms with Gasteiger partial charge in [-0.3, -0.25) is 14.4 Å². The molecule has 0 aromatic heterocycles. The van der Waals surface area contributed by atoms with Gasteiger partial charge in [-0.05, 0) is 62.3 Å². The number of nitrogens with two attached hydrogens (primary N) is 1. The SMILES string of the molecule is CC(C)[C@H]1CCN(C(=O)[C@@H](NC(=O)NC(C)(C)C)C(C)(C)C)[C@@H]1C(=O)NC(CC1CCC1)C(OCc1ccccc1)C(N)=O. The maximum atomic E-state index is 14.2. The average molecular weight is 614 g/mol. The molecule has 1 aliphatic heterocycles. The Kier molecular flexibility index (Phi) is 11.9. The number of nitrogens with one attached hydrogen (secondary N) is 3. The van der Waals surface area contributed by atoms with Gasteiger partial charge in [0, 0.05) is 12.1 Å². The van der Waals surface area contributed by atoms with E-state index in [1.54, 1.807) is 4.90 Å². The summed E-state index contributed by atoms with van der Waals surface area (Å²) >= 11 is 0. The fourth-order valence-corrected chi connectivity index (χ4v) is 6.19. The summed E-state index contributed by atoms with van der Waals surface area (Å²) in [5.74, 6) is -0.857. The zero-order chi connectivity index (χ0) is 32.8. The first-order chi connectivity index (χ1) is 20.5. The van der Waals surface area contributed by atoms with Crippen LogP contribution in [0.5, 0.6) is 0 Å². The van der Waals surface area contributed by atoms with Crippen LogP contribution in [0.3, 0.4) is 0 Å². The van der Waals surface area contributed by atoms with E-state index in [-0.39, 0.29) is 30.3 Å². The Bertz CT molecular complexity index is 1140. The first-order valence-corrected chi connectivity index (χ1v) is 16.1. The number of likely N-dealkylation sites (tertiary alicyclic amines) is 1. The Labute approximate surface area is 263 Å². The quantitative estimate of drug-likeness (QED) is 0.281. The number of amides is 5. The van der Waals surface area contributed by atoms with Crippen LogP contribution in [0.15, 0.2) is 30.3 Å². The van der Waals surface area contributed by atoms with Crippen LogP contribution in [-0.2, 0) is 25.7 Å². The predicted molar refractivity (Wildman–Crippen MR) is 171 cm³/mol. The molecule has 5 N–H and O–H groups in total. The van der Waals surface area contributed by atoms with E-state index in [1.165, 1.54) is 0 Å². The number of ether oxygens (including phenoxy) is 1. The lowest BCUT2D eigenvalue weighted by molar-refractivity contribution is -0.145. The molecule has 5 amide bonds. The van der Waals surface area contributed by atoms with Crippen molar-refractivity contribution in [2.75, 3.05) is 6.54 Å². The van der Waals surface area contributed by atoms with Gasteiger partial charge in [-0.15, -0.1) is 0 Å². The molecule has 246 valence electrons. The summed E-state index contributed by atoms with van der Waals surface area (Å²) in [7, 11) is 0. The molecule has 10 nitrogen and oxygen atoms in total. The van der Waals surface area contributed by atoms with Crippen molar-refractivity contribution in [2.24, 2.45) is 28.9 Å². The highest BCUT2D eigenvalue weighted by Gasteiger charge is 2.48. The monoisotopic (exact) mass is 613 g/mol. The highest BCUT2D eigenvalue weighted by Crippen LogP contribution is 2.35. The third-order valence-corrected chi connectivity index (χ3v) is 8.79. The lowest BCUT2D eigenvalue weighted by atomic mass is 9.79. The number of hydrogen-bond donors (Lipinski definition) is 4. The molecule has 1 aromatic rings. The molecule has 3 rings (SSSR count). The van der Waals surface area contributed by atoms with Crippen molar-refractivity contribution in [3.05, 3.63) is 35.9 Å². The zero-order valence-electron chi connectivity index (χ0n) is 27.9. The smallest absolute Gasteiger partial charge is 0.315 e. The molecular weight excluding hydrogens is 558 g/mol. The average Bonchev–Trinajstić information content (AvgIpc) is 3.33. The van der Waals surface area contributed by atoms with E-state index in [4.69, 9.17) is 10.5 Å². The molecular formula is C34H55N5O5. The molecule has 2 unspecified atom stereocenters. The van der Waals surface area contributed by atoms with Crippen LogP contribution in [0, 0.1) is 23.2 Å². The fraction of sp³-hybridized carbons (Fsp3) is 0.706. The summed E-state index contributed by atoms with van der Waals surface area (Å²) in [5, 5.41) is 8.90. The molecule has 44 heavy (non-hydrogen) atoms. The number of rotatable bonds is 12. The Morgan fingerprint density at radius 1 is 0.977 bits per heavy atom. The van der Waals surface area contributed by atoms with Crippen LogP contribution in [0.4, 0.5) is 4.79 Å². The molecule has 2 aliphatic rings. The van der Waals surface area contributed by atoms with E-state index in [0.29, 0.717) is 25.3 Å². The Morgan fingerprint density at radius 3 is 2.11 bits per heavy atom. The van der Waals surface area contributed by atoms with Gasteiger partial charge in [-0.25, -0.2) is 4.79 Å². The number of carbonyl (C=O) groups excluding carboxylic acids is 4. The van der Waals surface area contributed by atoms with Gasteiger partial charge >= 0.3 is 6.03 Å². The Balaban J connectivity index is 1.87. The summed E-state index contributed by atoms with van der Waals surface area (Å²) in [4.78, 5) is 55.7. The topological polar surface area (TPSA) is 143 Å². The zero-order valence-corrected chi connectivity index (χ0v) is 27.9. The molecule has 0 radical (unpaired) electrons. The molecule has 1 saturated carbocycles. The van der Waals surface area contributed by atoms with Gasteiger partial charge in [0.2, 0.25) is 17.7 Å².